The van der Waals surface area contributed by atoms with Crippen molar-refractivity contribution in [2.75, 3.05) is 0 Å². The first kappa shape index (κ1) is 12.6. The number of aromatic carboxylic acids is 1. The van der Waals surface area contributed by atoms with Crippen LogP contribution in [0, 0.1) is 0 Å². The molecule has 0 bridgehead atoms. The summed E-state index contributed by atoms with van der Waals surface area (Å²) < 4.78 is 4.12. The Bertz CT molecular complexity index is 574. The topological polar surface area (TPSA) is 63.1 Å². The number of benzene rings is 1. The van der Waals surface area contributed by atoms with Gasteiger partial charge in [-0.3, -0.25) is 0 Å². The second kappa shape index (κ2) is 5.22. The van der Waals surface area contributed by atoms with E-state index in [1.807, 2.05) is 0 Å². The van der Waals surface area contributed by atoms with Gasteiger partial charge in [-0.05, 0) is 29.7 Å². The van der Waals surface area contributed by atoms with Gasteiger partial charge in [-0.2, -0.15) is 0 Å². The van der Waals surface area contributed by atoms with Crippen LogP contribution in [-0.4, -0.2) is 20.7 Å². The van der Waals surface area contributed by atoms with Gasteiger partial charge < -0.3 is 5.11 Å². The quantitative estimate of drug-likeness (QED) is 0.937. The summed E-state index contributed by atoms with van der Waals surface area (Å²) in [6.07, 6.45) is 0. The molecule has 0 radical (unpaired) electrons. The van der Waals surface area contributed by atoms with E-state index in [1.54, 1.807) is 18.2 Å². The Hall–Kier alpha value is -0.820. The van der Waals surface area contributed by atoms with Gasteiger partial charge in [0.25, 0.3) is 0 Å². The van der Waals surface area contributed by atoms with Crippen molar-refractivity contribution in [2.24, 2.45) is 0 Å². The Morgan fingerprint density at radius 2 is 2.12 bits per heavy atom. The maximum Gasteiger partial charge on any atom is 0.358 e. The third kappa shape index (κ3) is 2.90. The molecule has 17 heavy (non-hydrogen) atoms. The molecule has 0 saturated carbocycles. The van der Waals surface area contributed by atoms with Crippen LogP contribution in [-0.2, 0) is 0 Å². The summed E-state index contributed by atoms with van der Waals surface area (Å²) in [6.45, 7) is 0. The first-order valence-electron chi connectivity index (χ1n) is 4.26. The number of hydrogen-bond acceptors (Lipinski definition) is 5. The summed E-state index contributed by atoms with van der Waals surface area (Å²) in [5, 5.41) is 13.3. The van der Waals surface area contributed by atoms with Crippen LogP contribution in [0.5, 0.6) is 0 Å². The van der Waals surface area contributed by atoms with Crippen molar-refractivity contribution in [2.45, 2.75) is 9.10 Å². The molecule has 8 heteroatoms. The number of rotatable bonds is 3. The van der Waals surface area contributed by atoms with Crippen molar-refractivity contribution < 1.29 is 9.90 Å². The number of nitrogens with zero attached hydrogens (tertiary/aromatic N) is 2. The van der Waals surface area contributed by atoms with Crippen molar-refractivity contribution in [3.05, 3.63) is 33.9 Å². The Labute approximate surface area is 115 Å². The Kier molecular flexibility index (Phi) is 3.88. The van der Waals surface area contributed by atoms with E-state index in [4.69, 9.17) is 28.3 Å². The van der Waals surface area contributed by atoms with Gasteiger partial charge in [-0.15, -0.1) is 5.10 Å². The van der Waals surface area contributed by atoms with E-state index < -0.39 is 5.97 Å². The van der Waals surface area contributed by atoms with E-state index in [0.717, 1.165) is 16.4 Å². The van der Waals surface area contributed by atoms with Gasteiger partial charge in [-0.25, -0.2) is 4.79 Å². The summed E-state index contributed by atoms with van der Waals surface area (Å²) in [5.41, 5.74) is -0.0499. The molecule has 0 amide bonds. The first-order chi connectivity index (χ1) is 8.08. The van der Waals surface area contributed by atoms with Gasteiger partial charge in [0.1, 0.15) is 4.21 Å². The smallest absolute Gasteiger partial charge is 0.358 e. The third-order valence-corrected chi connectivity index (χ3v) is 4.37. The number of carboxylic acids is 1. The summed E-state index contributed by atoms with van der Waals surface area (Å²) >= 11 is 13.9. The van der Waals surface area contributed by atoms with Gasteiger partial charge in [0.05, 0.1) is 10.0 Å². The van der Waals surface area contributed by atoms with Crippen LogP contribution < -0.4 is 0 Å². The lowest BCUT2D eigenvalue weighted by Crippen LogP contribution is -1.97. The summed E-state index contributed by atoms with van der Waals surface area (Å²) in [6, 6.07) is 5.07. The van der Waals surface area contributed by atoms with Gasteiger partial charge >= 0.3 is 5.97 Å². The van der Waals surface area contributed by atoms with Gasteiger partial charge in [-0.1, -0.05) is 39.5 Å². The number of carbonyl (C=O) groups is 1. The van der Waals surface area contributed by atoms with E-state index in [2.05, 4.69) is 9.59 Å². The van der Waals surface area contributed by atoms with Crippen molar-refractivity contribution >= 4 is 52.5 Å². The van der Waals surface area contributed by atoms with Crippen LogP contribution in [0.2, 0.25) is 10.0 Å². The number of aromatic nitrogens is 2. The van der Waals surface area contributed by atoms with Crippen LogP contribution >= 0.6 is 46.5 Å². The molecule has 1 heterocycles. The largest absolute Gasteiger partial charge is 0.476 e. The zero-order valence-electron chi connectivity index (χ0n) is 8.05. The predicted octanol–water partition coefficient (Wildman–Crippen LogP) is 3.69. The predicted molar refractivity (Wildman–Crippen MR) is 67.5 cm³/mol. The highest BCUT2D eigenvalue weighted by Crippen LogP contribution is 2.35. The Balaban J connectivity index is 2.28. The minimum absolute atomic E-state index is 0.0499. The van der Waals surface area contributed by atoms with Crippen molar-refractivity contribution in [1.82, 2.24) is 9.59 Å². The van der Waals surface area contributed by atoms with E-state index in [1.165, 1.54) is 11.8 Å². The fraction of sp³-hybridized carbons (Fsp3) is 0. The summed E-state index contributed by atoms with van der Waals surface area (Å²) in [4.78, 5) is 11.6. The molecule has 1 aromatic heterocycles. The Morgan fingerprint density at radius 1 is 1.35 bits per heavy atom. The average Bonchev–Trinajstić information content (AvgIpc) is 2.72. The minimum atomic E-state index is -1.10. The first-order valence-corrected chi connectivity index (χ1v) is 6.61. The fourth-order valence-corrected chi connectivity index (χ4v) is 3.09. The molecule has 1 aromatic carbocycles. The molecule has 0 fully saturated rings. The zero-order chi connectivity index (χ0) is 12.4. The molecule has 0 aliphatic rings. The highest BCUT2D eigenvalue weighted by atomic mass is 35.5. The van der Waals surface area contributed by atoms with Crippen LogP contribution in [0.25, 0.3) is 0 Å². The van der Waals surface area contributed by atoms with Crippen molar-refractivity contribution in [1.29, 1.82) is 0 Å². The zero-order valence-corrected chi connectivity index (χ0v) is 11.2. The molecule has 0 atom stereocenters. The second-order valence-electron chi connectivity index (χ2n) is 2.89. The molecular formula is C9H4Cl2N2O2S2. The molecule has 2 rings (SSSR count). The molecule has 0 saturated heterocycles. The SMILES string of the molecule is O=C(O)c1nnsc1Sc1ccc(Cl)c(Cl)c1. The number of halogens is 2. The van der Waals surface area contributed by atoms with Crippen LogP contribution in [0.3, 0.4) is 0 Å². The molecule has 0 unspecified atom stereocenters. The number of carboxylic acid groups (broad SMARTS) is 1. The second-order valence-corrected chi connectivity index (χ2v) is 5.80. The molecule has 2 aromatic rings. The fourth-order valence-electron chi connectivity index (χ4n) is 1.03. The lowest BCUT2D eigenvalue weighted by molar-refractivity contribution is 0.0687. The summed E-state index contributed by atoms with van der Waals surface area (Å²) in [5.74, 6) is -1.10. The van der Waals surface area contributed by atoms with Crippen molar-refractivity contribution in [3.8, 4) is 0 Å². The molecule has 0 aliphatic heterocycles. The third-order valence-electron chi connectivity index (χ3n) is 1.76. The molecular weight excluding hydrogens is 303 g/mol. The minimum Gasteiger partial charge on any atom is -0.476 e. The van der Waals surface area contributed by atoms with Crippen LogP contribution in [0.1, 0.15) is 10.5 Å². The highest BCUT2D eigenvalue weighted by molar-refractivity contribution is 8.01. The maximum absolute atomic E-state index is 10.8. The normalized spacial score (nSPS) is 10.5. The monoisotopic (exact) mass is 306 g/mol. The van der Waals surface area contributed by atoms with Gasteiger partial charge in [0.2, 0.25) is 0 Å². The number of hydrogen-bond donors (Lipinski definition) is 1. The molecule has 4 nitrogen and oxygen atoms in total. The average molecular weight is 307 g/mol. The van der Waals surface area contributed by atoms with E-state index in [9.17, 15) is 4.79 Å². The highest BCUT2D eigenvalue weighted by Gasteiger charge is 2.16. The Morgan fingerprint density at radius 3 is 2.76 bits per heavy atom. The molecule has 88 valence electrons. The van der Waals surface area contributed by atoms with E-state index >= 15 is 0 Å². The standard InChI is InChI=1S/C9H4Cl2N2O2S2/c10-5-2-1-4(3-6(5)11)16-9-7(8(14)15)12-13-17-9/h1-3H,(H,14,15). The van der Waals surface area contributed by atoms with E-state index in [0.29, 0.717) is 14.3 Å². The van der Waals surface area contributed by atoms with E-state index in [-0.39, 0.29) is 5.69 Å². The van der Waals surface area contributed by atoms with Crippen LogP contribution in [0.15, 0.2) is 27.3 Å². The summed E-state index contributed by atoms with van der Waals surface area (Å²) in [7, 11) is 0. The van der Waals surface area contributed by atoms with Crippen molar-refractivity contribution in [3.63, 3.8) is 0 Å². The van der Waals surface area contributed by atoms with Gasteiger partial charge in [0, 0.05) is 4.90 Å². The van der Waals surface area contributed by atoms with Gasteiger partial charge in [0.15, 0.2) is 5.69 Å². The lowest BCUT2D eigenvalue weighted by Gasteiger charge is -2.00. The maximum atomic E-state index is 10.8. The molecule has 0 spiro atoms. The van der Waals surface area contributed by atoms with Crippen LogP contribution in [0.4, 0.5) is 0 Å². The molecule has 1 N–H and O–H groups in total. The molecule has 0 aliphatic carbocycles. The lowest BCUT2D eigenvalue weighted by atomic mass is 10.4.